The highest BCUT2D eigenvalue weighted by Gasteiger charge is 2.35. The SMILES string of the molecule is Cc1cc(C2=CN=C(N)CN2n2cncn2)c(S(N)(=O)=O)cc1CC1(O)CCC1. The van der Waals surface area contributed by atoms with E-state index < -0.39 is 15.6 Å². The first-order chi connectivity index (χ1) is 13.7. The van der Waals surface area contributed by atoms with Crippen LogP contribution in [0.25, 0.3) is 5.70 Å². The normalized spacial score (nSPS) is 18.8. The number of aromatic nitrogens is 3. The fourth-order valence-electron chi connectivity index (χ4n) is 3.68. The molecule has 1 aliphatic carbocycles. The zero-order valence-corrected chi connectivity index (χ0v) is 16.8. The molecule has 11 heteroatoms. The predicted molar refractivity (Wildman–Crippen MR) is 108 cm³/mol. The first-order valence-electron chi connectivity index (χ1n) is 9.20. The van der Waals surface area contributed by atoms with E-state index in [-0.39, 0.29) is 11.4 Å². The van der Waals surface area contributed by atoms with E-state index in [2.05, 4.69) is 15.1 Å². The maximum absolute atomic E-state index is 12.4. The van der Waals surface area contributed by atoms with Crippen molar-refractivity contribution in [1.82, 2.24) is 14.9 Å². The Hall–Kier alpha value is -2.76. The van der Waals surface area contributed by atoms with Crippen molar-refractivity contribution >= 4 is 21.6 Å². The highest BCUT2D eigenvalue weighted by atomic mass is 32.2. The molecule has 0 amide bonds. The van der Waals surface area contributed by atoms with Gasteiger partial charge >= 0.3 is 0 Å². The van der Waals surface area contributed by atoms with Gasteiger partial charge in [0.25, 0.3) is 0 Å². The molecule has 1 aliphatic heterocycles. The molecule has 0 saturated heterocycles. The zero-order chi connectivity index (χ0) is 20.8. The topological polar surface area (TPSA) is 153 Å². The van der Waals surface area contributed by atoms with Crippen LogP contribution >= 0.6 is 0 Å². The van der Waals surface area contributed by atoms with Crippen molar-refractivity contribution in [1.29, 1.82) is 0 Å². The quantitative estimate of drug-likeness (QED) is 0.619. The van der Waals surface area contributed by atoms with E-state index >= 15 is 0 Å². The van der Waals surface area contributed by atoms with Crippen LogP contribution in [0, 0.1) is 6.92 Å². The smallest absolute Gasteiger partial charge is 0.238 e. The van der Waals surface area contributed by atoms with E-state index in [0.717, 1.165) is 17.5 Å². The molecule has 154 valence electrons. The summed E-state index contributed by atoms with van der Waals surface area (Å²) in [6, 6.07) is 3.31. The summed E-state index contributed by atoms with van der Waals surface area (Å²) < 4.78 is 24.9. The number of rotatable bonds is 5. The van der Waals surface area contributed by atoms with Crippen molar-refractivity contribution in [2.75, 3.05) is 11.6 Å². The number of nitrogens with zero attached hydrogens (tertiary/aromatic N) is 5. The molecule has 0 atom stereocenters. The molecule has 1 fully saturated rings. The van der Waals surface area contributed by atoms with E-state index in [4.69, 9.17) is 10.9 Å². The Morgan fingerprint density at radius 3 is 2.66 bits per heavy atom. The van der Waals surface area contributed by atoms with Crippen LogP contribution in [0.3, 0.4) is 0 Å². The fourth-order valence-corrected chi connectivity index (χ4v) is 4.46. The highest BCUT2D eigenvalue weighted by molar-refractivity contribution is 7.89. The van der Waals surface area contributed by atoms with Crippen LogP contribution in [0.1, 0.15) is 36.0 Å². The number of aliphatic hydroxyl groups is 1. The lowest BCUT2D eigenvalue weighted by Crippen LogP contribution is -2.43. The Morgan fingerprint density at radius 2 is 2.07 bits per heavy atom. The van der Waals surface area contributed by atoms with Gasteiger partial charge in [-0.15, -0.1) is 5.10 Å². The molecule has 10 nitrogen and oxygen atoms in total. The minimum Gasteiger partial charge on any atom is -0.390 e. The van der Waals surface area contributed by atoms with Gasteiger partial charge in [-0.2, -0.15) is 4.79 Å². The minimum atomic E-state index is -4.05. The third kappa shape index (κ3) is 3.76. The molecule has 1 aromatic carbocycles. The van der Waals surface area contributed by atoms with E-state index in [9.17, 15) is 13.5 Å². The lowest BCUT2D eigenvalue weighted by atomic mass is 9.75. The zero-order valence-electron chi connectivity index (χ0n) is 16.0. The van der Waals surface area contributed by atoms with Crippen molar-refractivity contribution in [3.05, 3.63) is 47.7 Å². The second-order valence-electron chi connectivity index (χ2n) is 7.58. The molecule has 2 heterocycles. The third-order valence-corrected chi connectivity index (χ3v) is 6.37. The summed E-state index contributed by atoms with van der Waals surface area (Å²) in [5, 5.41) is 21.9. The van der Waals surface area contributed by atoms with Crippen molar-refractivity contribution in [2.24, 2.45) is 15.9 Å². The molecule has 0 spiro atoms. The number of sulfonamides is 1. The van der Waals surface area contributed by atoms with Gasteiger partial charge in [0.15, 0.2) is 0 Å². The first kappa shape index (κ1) is 19.6. The number of benzene rings is 1. The van der Waals surface area contributed by atoms with Gasteiger partial charge in [0.05, 0.1) is 28.9 Å². The Balaban J connectivity index is 1.84. The molecule has 2 aliphatic rings. The fraction of sp³-hybridized carbons (Fsp3) is 0.389. The molecule has 29 heavy (non-hydrogen) atoms. The summed E-state index contributed by atoms with van der Waals surface area (Å²) >= 11 is 0. The molecular formula is C18H23N7O3S. The van der Waals surface area contributed by atoms with Gasteiger partial charge in [-0.25, -0.2) is 23.5 Å². The molecule has 0 unspecified atom stereocenters. The molecule has 1 aromatic heterocycles. The number of amidine groups is 1. The molecule has 0 radical (unpaired) electrons. The van der Waals surface area contributed by atoms with Gasteiger partial charge in [-0.3, -0.25) is 5.01 Å². The molecular weight excluding hydrogens is 394 g/mol. The summed E-state index contributed by atoms with van der Waals surface area (Å²) in [4.78, 5) is 9.52. The van der Waals surface area contributed by atoms with Gasteiger partial charge in [0.1, 0.15) is 18.5 Å². The molecule has 0 bridgehead atoms. The number of nitrogens with two attached hydrogens (primary N) is 2. The number of hydrogen-bond donors (Lipinski definition) is 3. The van der Waals surface area contributed by atoms with Crippen LogP contribution in [0.15, 0.2) is 40.9 Å². The molecule has 4 rings (SSSR count). The largest absolute Gasteiger partial charge is 0.390 e. The monoisotopic (exact) mass is 417 g/mol. The van der Waals surface area contributed by atoms with E-state index in [1.807, 2.05) is 6.92 Å². The van der Waals surface area contributed by atoms with Crippen LogP contribution < -0.4 is 15.9 Å². The highest BCUT2D eigenvalue weighted by Crippen LogP contribution is 2.37. The average molecular weight is 417 g/mol. The first-order valence-corrected chi connectivity index (χ1v) is 10.7. The van der Waals surface area contributed by atoms with Crippen molar-refractivity contribution < 1.29 is 13.5 Å². The Kier molecular flexibility index (Phi) is 4.68. The van der Waals surface area contributed by atoms with Crippen LogP contribution in [0.5, 0.6) is 0 Å². The number of primary sulfonamides is 1. The van der Waals surface area contributed by atoms with Gasteiger partial charge in [-0.1, -0.05) is 0 Å². The summed E-state index contributed by atoms with van der Waals surface area (Å²) in [5.74, 6) is 0.349. The maximum Gasteiger partial charge on any atom is 0.238 e. The van der Waals surface area contributed by atoms with E-state index in [1.165, 1.54) is 23.6 Å². The van der Waals surface area contributed by atoms with Crippen molar-refractivity contribution in [3.8, 4) is 0 Å². The Morgan fingerprint density at radius 1 is 1.31 bits per heavy atom. The Labute approximate surface area is 168 Å². The molecule has 1 saturated carbocycles. The van der Waals surface area contributed by atoms with Crippen molar-refractivity contribution in [3.63, 3.8) is 0 Å². The summed E-state index contributed by atoms with van der Waals surface area (Å²) in [6.45, 7) is 2.09. The van der Waals surface area contributed by atoms with Gasteiger partial charge in [-0.05, 0) is 49.4 Å². The summed E-state index contributed by atoms with van der Waals surface area (Å²) in [5.41, 5.74) is 7.57. The van der Waals surface area contributed by atoms with Crippen LogP contribution in [0.2, 0.25) is 0 Å². The Bertz CT molecular complexity index is 1100. The van der Waals surface area contributed by atoms with Crippen LogP contribution in [0.4, 0.5) is 0 Å². The minimum absolute atomic E-state index is 0.0342. The second kappa shape index (κ2) is 6.94. The number of aliphatic imine (C=N–C) groups is 1. The number of aryl methyl sites for hydroxylation is 1. The summed E-state index contributed by atoms with van der Waals surface area (Å²) in [7, 11) is -4.05. The van der Waals surface area contributed by atoms with E-state index in [1.54, 1.807) is 17.1 Å². The standard InChI is InChI=1S/C18H23N7O3S/c1-12-5-14(15-8-22-17(19)9-24(15)25-11-21-10-23-25)16(29(20,27)28)6-13(12)7-18(26)3-2-4-18/h5-6,8,10-11,26H,2-4,7,9H2,1H3,(H2,19,22)(H2,20,27,28). The second-order valence-corrected chi connectivity index (χ2v) is 9.11. The van der Waals surface area contributed by atoms with Crippen molar-refractivity contribution in [2.45, 2.75) is 43.1 Å². The van der Waals surface area contributed by atoms with Gasteiger partial charge in [0.2, 0.25) is 10.0 Å². The van der Waals surface area contributed by atoms with E-state index in [0.29, 0.717) is 36.4 Å². The maximum atomic E-state index is 12.4. The lowest BCUT2D eigenvalue weighted by Gasteiger charge is -2.37. The molecule has 2 aromatic rings. The summed E-state index contributed by atoms with van der Waals surface area (Å²) in [6.07, 6.45) is 7.11. The predicted octanol–water partition coefficient (Wildman–Crippen LogP) is -0.00118. The van der Waals surface area contributed by atoms with Crippen LogP contribution in [-0.4, -0.2) is 46.4 Å². The molecule has 5 N–H and O–H groups in total. The third-order valence-electron chi connectivity index (χ3n) is 5.42. The van der Waals surface area contributed by atoms with Crippen LogP contribution in [-0.2, 0) is 16.4 Å². The van der Waals surface area contributed by atoms with Gasteiger partial charge < -0.3 is 10.8 Å². The average Bonchev–Trinajstić information content (AvgIpc) is 3.15. The number of hydrogen-bond acceptors (Lipinski definition) is 8. The lowest BCUT2D eigenvalue weighted by molar-refractivity contribution is -0.0324. The van der Waals surface area contributed by atoms with Gasteiger partial charge in [0, 0.05) is 12.0 Å².